The second-order valence-electron chi connectivity index (χ2n) is 5.38. The molecule has 1 saturated heterocycles. The molecule has 0 aliphatic carbocycles. The SMILES string of the molecule is CC(C)Cn1c(C2CCOC2)nc2cccnc21. The lowest BCUT2D eigenvalue weighted by Crippen LogP contribution is -2.13. The van der Waals surface area contributed by atoms with Crippen molar-refractivity contribution in [1.29, 1.82) is 0 Å². The van der Waals surface area contributed by atoms with Crippen LogP contribution in [0.1, 0.15) is 32.0 Å². The van der Waals surface area contributed by atoms with Gasteiger partial charge in [0.15, 0.2) is 5.65 Å². The van der Waals surface area contributed by atoms with Crippen LogP contribution in [-0.2, 0) is 11.3 Å². The maximum absolute atomic E-state index is 5.49. The molecule has 4 heteroatoms. The molecule has 1 atom stereocenters. The van der Waals surface area contributed by atoms with Gasteiger partial charge in [-0.1, -0.05) is 13.8 Å². The van der Waals surface area contributed by atoms with E-state index in [2.05, 4.69) is 23.4 Å². The molecule has 1 fully saturated rings. The molecule has 0 N–H and O–H groups in total. The van der Waals surface area contributed by atoms with Crippen LogP contribution in [0.25, 0.3) is 11.2 Å². The van der Waals surface area contributed by atoms with Crippen LogP contribution in [0.5, 0.6) is 0 Å². The summed E-state index contributed by atoms with van der Waals surface area (Å²) >= 11 is 0. The molecule has 3 rings (SSSR count). The summed E-state index contributed by atoms with van der Waals surface area (Å²) < 4.78 is 7.77. The molecule has 0 aromatic carbocycles. The van der Waals surface area contributed by atoms with Crippen LogP contribution in [0.15, 0.2) is 18.3 Å². The van der Waals surface area contributed by atoms with Crippen LogP contribution in [0.2, 0.25) is 0 Å². The van der Waals surface area contributed by atoms with E-state index in [1.54, 1.807) is 0 Å². The molecule has 2 aromatic heterocycles. The Morgan fingerprint density at radius 2 is 2.39 bits per heavy atom. The Morgan fingerprint density at radius 1 is 1.50 bits per heavy atom. The summed E-state index contributed by atoms with van der Waals surface area (Å²) in [4.78, 5) is 9.25. The van der Waals surface area contributed by atoms with Gasteiger partial charge in [0.25, 0.3) is 0 Å². The molecule has 18 heavy (non-hydrogen) atoms. The van der Waals surface area contributed by atoms with Gasteiger partial charge in [-0.3, -0.25) is 0 Å². The molecule has 1 unspecified atom stereocenters. The molecule has 0 amide bonds. The summed E-state index contributed by atoms with van der Waals surface area (Å²) in [6.45, 7) is 7.07. The minimum Gasteiger partial charge on any atom is -0.381 e. The molecular weight excluding hydrogens is 226 g/mol. The van der Waals surface area contributed by atoms with Gasteiger partial charge in [-0.15, -0.1) is 0 Å². The summed E-state index contributed by atoms with van der Waals surface area (Å²) in [7, 11) is 0. The monoisotopic (exact) mass is 245 g/mol. The molecule has 3 heterocycles. The Morgan fingerprint density at radius 3 is 3.11 bits per heavy atom. The van der Waals surface area contributed by atoms with Crippen LogP contribution >= 0.6 is 0 Å². The van der Waals surface area contributed by atoms with Gasteiger partial charge in [-0.2, -0.15) is 0 Å². The zero-order chi connectivity index (χ0) is 12.5. The fourth-order valence-electron chi connectivity index (χ4n) is 2.57. The van der Waals surface area contributed by atoms with E-state index in [1.807, 2.05) is 18.3 Å². The fraction of sp³-hybridized carbons (Fsp3) is 0.571. The van der Waals surface area contributed by atoms with Crippen LogP contribution in [0, 0.1) is 5.92 Å². The zero-order valence-electron chi connectivity index (χ0n) is 11.0. The summed E-state index contributed by atoms with van der Waals surface area (Å²) in [6.07, 6.45) is 2.91. The Bertz CT molecular complexity index is 541. The molecule has 1 aliphatic rings. The molecule has 0 saturated carbocycles. The normalized spacial score (nSPS) is 20.1. The van der Waals surface area contributed by atoms with E-state index in [0.717, 1.165) is 43.2 Å². The quantitative estimate of drug-likeness (QED) is 0.834. The Labute approximate surface area is 107 Å². The molecule has 2 aromatic rings. The maximum Gasteiger partial charge on any atom is 0.160 e. The molecule has 1 aliphatic heterocycles. The zero-order valence-corrected chi connectivity index (χ0v) is 11.0. The number of pyridine rings is 1. The number of hydrogen-bond donors (Lipinski definition) is 0. The summed E-state index contributed by atoms with van der Waals surface area (Å²) in [5.41, 5.74) is 2.01. The first-order valence-electron chi connectivity index (χ1n) is 6.64. The predicted molar refractivity (Wildman–Crippen MR) is 70.5 cm³/mol. The number of ether oxygens (including phenoxy) is 1. The molecule has 4 nitrogen and oxygen atoms in total. The first kappa shape index (κ1) is 11.7. The van der Waals surface area contributed by atoms with Gasteiger partial charge in [-0.25, -0.2) is 9.97 Å². The maximum atomic E-state index is 5.49. The second-order valence-corrected chi connectivity index (χ2v) is 5.38. The highest BCUT2D eigenvalue weighted by Gasteiger charge is 2.24. The summed E-state index contributed by atoms with van der Waals surface area (Å²) in [5, 5.41) is 0. The first-order valence-corrected chi connectivity index (χ1v) is 6.64. The van der Waals surface area contributed by atoms with Gasteiger partial charge in [-0.05, 0) is 24.5 Å². The number of fused-ring (bicyclic) bond motifs is 1. The van der Waals surface area contributed by atoms with Crippen molar-refractivity contribution in [3.05, 3.63) is 24.2 Å². The summed E-state index contributed by atoms with van der Waals surface area (Å²) in [6, 6.07) is 3.99. The largest absolute Gasteiger partial charge is 0.381 e. The Hall–Kier alpha value is -1.42. The highest BCUT2D eigenvalue weighted by atomic mass is 16.5. The van der Waals surface area contributed by atoms with Crippen LogP contribution in [-0.4, -0.2) is 27.7 Å². The average molecular weight is 245 g/mol. The Kier molecular flexibility index (Phi) is 3.04. The van der Waals surface area contributed by atoms with Crippen molar-refractivity contribution in [3.8, 4) is 0 Å². The van der Waals surface area contributed by atoms with Crippen molar-refractivity contribution in [2.24, 2.45) is 5.92 Å². The first-order chi connectivity index (χ1) is 8.75. The molecule has 0 spiro atoms. The fourth-order valence-corrected chi connectivity index (χ4v) is 2.57. The minimum atomic E-state index is 0.429. The molecule has 96 valence electrons. The van der Waals surface area contributed by atoms with Crippen molar-refractivity contribution >= 4 is 11.2 Å². The predicted octanol–water partition coefficient (Wildman–Crippen LogP) is 2.59. The standard InChI is InChI=1S/C14H19N3O/c1-10(2)8-17-13(11-5-7-18-9-11)16-12-4-3-6-15-14(12)17/h3-4,6,10-11H,5,7-9H2,1-2H3. The third-order valence-electron chi connectivity index (χ3n) is 3.38. The van der Waals surface area contributed by atoms with Gasteiger partial charge in [0, 0.05) is 25.3 Å². The van der Waals surface area contributed by atoms with Crippen LogP contribution < -0.4 is 0 Å². The van der Waals surface area contributed by atoms with E-state index in [-0.39, 0.29) is 0 Å². The number of aromatic nitrogens is 3. The lowest BCUT2D eigenvalue weighted by molar-refractivity contribution is 0.192. The van der Waals surface area contributed by atoms with E-state index in [1.165, 1.54) is 0 Å². The smallest absolute Gasteiger partial charge is 0.160 e. The van der Waals surface area contributed by atoms with Gasteiger partial charge >= 0.3 is 0 Å². The molecular formula is C14H19N3O. The summed E-state index contributed by atoms with van der Waals surface area (Å²) in [5.74, 6) is 2.17. The topological polar surface area (TPSA) is 39.9 Å². The number of rotatable bonds is 3. The lowest BCUT2D eigenvalue weighted by Gasteiger charge is -2.14. The van der Waals surface area contributed by atoms with Gasteiger partial charge in [0.2, 0.25) is 0 Å². The number of hydrogen-bond acceptors (Lipinski definition) is 3. The van der Waals surface area contributed by atoms with Crippen molar-refractivity contribution in [1.82, 2.24) is 14.5 Å². The number of nitrogens with zero attached hydrogens (tertiary/aromatic N) is 3. The van der Waals surface area contributed by atoms with Crippen molar-refractivity contribution in [2.75, 3.05) is 13.2 Å². The average Bonchev–Trinajstić information content (AvgIpc) is 2.96. The highest BCUT2D eigenvalue weighted by molar-refractivity contribution is 5.71. The van der Waals surface area contributed by atoms with Crippen molar-refractivity contribution < 1.29 is 4.74 Å². The van der Waals surface area contributed by atoms with E-state index >= 15 is 0 Å². The third-order valence-corrected chi connectivity index (χ3v) is 3.38. The molecule has 0 bridgehead atoms. The van der Waals surface area contributed by atoms with E-state index in [4.69, 9.17) is 9.72 Å². The van der Waals surface area contributed by atoms with E-state index in [9.17, 15) is 0 Å². The lowest BCUT2D eigenvalue weighted by atomic mass is 10.1. The van der Waals surface area contributed by atoms with Crippen LogP contribution in [0.4, 0.5) is 0 Å². The van der Waals surface area contributed by atoms with Gasteiger partial charge in [0.05, 0.1) is 6.61 Å². The second kappa shape index (κ2) is 4.69. The van der Waals surface area contributed by atoms with Crippen molar-refractivity contribution in [3.63, 3.8) is 0 Å². The Balaban J connectivity index is 2.10. The minimum absolute atomic E-state index is 0.429. The van der Waals surface area contributed by atoms with E-state index in [0.29, 0.717) is 11.8 Å². The van der Waals surface area contributed by atoms with E-state index < -0.39 is 0 Å². The van der Waals surface area contributed by atoms with Crippen LogP contribution in [0.3, 0.4) is 0 Å². The van der Waals surface area contributed by atoms with Gasteiger partial charge < -0.3 is 9.30 Å². The molecule has 0 radical (unpaired) electrons. The van der Waals surface area contributed by atoms with Crippen molar-refractivity contribution in [2.45, 2.75) is 32.7 Å². The third kappa shape index (κ3) is 2.01. The highest BCUT2D eigenvalue weighted by Crippen LogP contribution is 2.27. The van der Waals surface area contributed by atoms with Gasteiger partial charge in [0.1, 0.15) is 11.3 Å². The number of imidazole rings is 1.